The number of benzene rings is 1. The Kier molecular flexibility index (Phi) is 4.58. The highest BCUT2D eigenvalue weighted by Crippen LogP contribution is 2.33. The molecule has 23 heavy (non-hydrogen) atoms. The first-order chi connectivity index (χ1) is 11.1. The molecular weight excluding hydrogens is 308 g/mol. The summed E-state index contributed by atoms with van der Waals surface area (Å²) in [5.41, 5.74) is 5.10. The van der Waals surface area contributed by atoms with Crippen LogP contribution in [0.1, 0.15) is 36.9 Å². The Hall–Kier alpha value is -2.00. The molecule has 2 aromatic heterocycles. The van der Waals surface area contributed by atoms with Crippen molar-refractivity contribution in [2.45, 2.75) is 32.6 Å². The highest BCUT2D eigenvalue weighted by atomic mass is 35.5. The van der Waals surface area contributed by atoms with E-state index in [1.54, 1.807) is 0 Å². The number of rotatable bonds is 5. The number of imidazole rings is 1. The van der Waals surface area contributed by atoms with E-state index in [4.69, 9.17) is 21.3 Å². The minimum atomic E-state index is -0.127. The van der Waals surface area contributed by atoms with Crippen molar-refractivity contribution in [2.75, 3.05) is 6.61 Å². The zero-order valence-corrected chi connectivity index (χ0v) is 14.5. The molecule has 0 fully saturated rings. The predicted octanol–water partition coefficient (Wildman–Crippen LogP) is 5.40. The highest BCUT2D eigenvalue weighted by Gasteiger charge is 2.18. The van der Waals surface area contributed by atoms with Crippen molar-refractivity contribution in [1.82, 2.24) is 9.38 Å². The van der Waals surface area contributed by atoms with Crippen molar-refractivity contribution in [3.8, 4) is 17.0 Å². The summed E-state index contributed by atoms with van der Waals surface area (Å²) in [6.07, 6.45) is 3.08. The van der Waals surface area contributed by atoms with Crippen molar-refractivity contribution in [3.63, 3.8) is 0 Å². The fourth-order valence-electron chi connectivity index (χ4n) is 2.69. The van der Waals surface area contributed by atoms with Gasteiger partial charge in [-0.25, -0.2) is 4.98 Å². The van der Waals surface area contributed by atoms with Crippen molar-refractivity contribution >= 4 is 17.2 Å². The van der Waals surface area contributed by atoms with Crippen molar-refractivity contribution in [2.24, 2.45) is 0 Å². The van der Waals surface area contributed by atoms with Gasteiger partial charge in [0.1, 0.15) is 11.4 Å². The number of halogens is 1. The molecule has 3 nitrogen and oxygen atoms in total. The van der Waals surface area contributed by atoms with Gasteiger partial charge in [0, 0.05) is 11.8 Å². The Morgan fingerprint density at radius 3 is 2.57 bits per heavy atom. The summed E-state index contributed by atoms with van der Waals surface area (Å²) in [5.74, 6) is 0.885. The molecule has 0 saturated carbocycles. The molecule has 0 spiro atoms. The molecule has 120 valence electrons. The van der Waals surface area contributed by atoms with E-state index in [-0.39, 0.29) is 5.38 Å². The van der Waals surface area contributed by atoms with Crippen LogP contribution in [0.2, 0.25) is 0 Å². The summed E-state index contributed by atoms with van der Waals surface area (Å²) in [6, 6.07) is 12.2. The van der Waals surface area contributed by atoms with Crippen LogP contribution in [0.25, 0.3) is 16.9 Å². The fraction of sp³-hybridized carbons (Fsp3) is 0.316. The third-order valence-corrected chi connectivity index (χ3v) is 3.99. The zero-order chi connectivity index (χ0) is 16.4. The number of ether oxygens (including phenoxy) is 1. The van der Waals surface area contributed by atoms with E-state index >= 15 is 0 Å². The van der Waals surface area contributed by atoms with Crippen LogP contribution in [0.4, 0.5) is 0 Å². The maximum Gasteiger partial charge on any atom is 0.137 e. The highest BCUT2D eigenvalue weighted by molar-refractivity contribution is 6.20. The van der Waals surface area contributed by atoms with Gasteiger partial charge in [-0.1, -0.05) is 13.0 Å². The van der Waals surface area contributed by atoms with Crippen LogP contribution in [0.3, 0.4) is 0 Å². The van der Waals surface area contributed by atoms with Gasteiger partial charge in [0.25, 0.3) is 0 Å². The predicted molar refractivity (Wildman–Crippen MR) is 95.4 cm³/mol. The third-order valence-electron chi connectivity index (χ3n) is 3.78. The number of hydrogen-bond acceptors (Lipinski definition) is 2. The van der Waals surface area contributed by atoms with Crippen molar-refractivity contribution in [1.29, 1.82) is 0 Å². The van der Waals surface area contributed by atoms with Gasteiger partial charge in [-0.2, -0.15) is 0 Å². The maximum absolute atomic E-state index is 6.45. The minimum Gasteiger partial charge on any atom is -0.494 e. The molecule has 0 bridgehead atoms. The zero-order valence-electron chi connectivity index (χ0n) is 13.7. The molecule has 0 aliphatic carbocycles. The first-order valence-corrected chi connectivity index (χ1v) is 8.39. The lowest BCUT2D eigenvalue weighted by Crippen LogP contribution is -1.96. The Labute approximate surface area is 141 Å². The molecule has 0 amide bonds. The van der Waals surface area contributed by atoms with Crippen LogP contribution in [-0.2, 0) is 0 Å². The number of nitrogens with zero attached hydrogens (tertiary/aromatic N) is 2. The summed E-state index contributed by atoms with van der Waals surface area (Å²) in [7, 11) is 0. The topological polar surface area (TPSA) is 26.5 Å². The molecule has 0 aliphatic heterocycles. The van der Waals surface area contributed by atoms with Crippen LogP contribution in [0.15, 0.2) is 42.6 Å². The molecule has 1 aromatic carbocycles. The Morgan fingerprint density at radius 2 is 1.91 bits per heavy atom. The van der Waals surface area contributed by atoms with Gasteiger partial charge in [-0.3, -0.25) is 0 Å². The van der Waals surface area contributed by atoms with E-state index in [1.807, 2.05) is 37.3 Å². The number of aryl methyl sites for hydroxylation is 1. The van der Waals surface area contributed by atoms with Gasteiger partial charge in [0.05, 0.1) is 23.4 Å². The maximum atomic E-state index is 6.45. The van der Waals surface area contributed by atoms with Crippen LogP contribution in [0, 0.1) is 6.92 Å². The van der Waals surface area contributed by atoms with Crippen molar-refractivity contribution < 1.29 is 4.74 Å². The van der Waals surface area contributed by atoms with Gasteiger partial charge < -0.3 is 9.14 Å². The molecular formula is C19H21ClN2O. The second kappa shape index (κ2) is 6.63. The number of alkyl halides is 1. The number of fused-ring (bicyclic) bond motifs is 1. The Morgan fingerprint density at radius 1 is 1.17 bits per heavy atom. The quantitative estimate of drug-likeness (QED) is 0.586. The molecule has 0 saturated heterocycles. The molecule has 2 heterocycles. The second-order valence-electron chi connectivity index (χ2n) is 5.77. The van der Waals surface area contributed by atoms with E-state index in [9.17, 15) is 0 Å². The molecule has 1 unspecified atom stereocenters. The minimum absolute atomic E-state index is 0.127. The van der Waals surface area contributed by atoms with Gasteiger partial charge in [0.15, 0.2) is 0 Å². The van der Waals surface area contributed by atoms with E-state index in [0.717, 1.165) is 41.4 Å². The Bertz CT molecular complexity index is 806. The van der Waals surface area contributed by atoms with Crippen LogP contribution < -0.4 is 4.74 Å². The second-order valence-corrected chi connectivity index (χ2v) is 6.42. The molecule has 0 aliphatic rings. The molecule has 3 aromatic rings. The van der Waals surface area contributed by atoms with E-state index < -0.39 is 0 Å². The number of pyridine rings is 1. The molecule has 0 N–H and O–H groups in total. The average Bonchev–Trinajstić information content (AvgIpc) is 2.92. The molecule has 0 radical (unpaired) electrons. The lowest BCUT2D eigenvalue weighted by atomic mass is 10.1. The normalized spacial score (nSPS) is 12.5. The first kappa shape index (κ1) is 15.9. The largest absolute Gasteiger partial charge is 0.494 e. The molecule has 1 atom stereocenters. The van der Waals surface area contributed by atoms with Gasteiger partial charge in [-0.15, -0.1) is 11.6 Å². The summed E-state index contributed by atoms with van der Waals surface area (Å²) in [4.78, 5) is 4.77. The van der Waals surface area contributed by atoms with Crippen LogP contribution >= 0.6 is 11.6 Å². The van der Waals surface area contributed by atoms with E-state index in [2.05, 4.69) is 30.5 Å². The SMILES string of the molecule is CCCOc1ccc(-c2nc3ccc(C)cn3c2C(C)Cl)cc1. The smallest absolute Gasteiger partial charge is 0.137 e. The van der Waals surface area contributed by atoms with Crippen LogP contribution in [-0.4, -0.2) is 16.0 Å². The van der Waals surface area contributed by atoms with Gasteiger partial charge in [-0.05, 0) is 56.2 Å². The number of aromatic nitrogens is 2. The van der Waals surface area contributed by atoms with Gasteiger partial charge >= 0.3 is 0 Å². The summed E-state index contributed by atoms with van der Waals surface area (Å²) in [5, 5.41) is -0.127. The van der Waals surface area contributed by atoms with Gasteiger partial charge in [0.2, 0.25) is 0 Å². The standard InChI is InChI=1S/C19H21ClN2O/c1-4-11-23-16-8-6-15(7-9-16)18-19(14(3)20)22-12-13(2)5-10-17(22)21-18/h5-10,12,14H,4,11H2,1-3H3. The summed E-state index contributed by atoms with van der Waals surface area (Å²) >= 11 is 6.45. The summed E-state index contributed by atoms with van der Waals surface area (Å²) < 4.78 is 7.73. The lowest BCUT2D eigenvalue weighted by Gasteiger charge is -2.09. The Balaban J connectivity index is 2.06. The van der Waals surface area contributed by atoms with Crippen LogP contribution in [0.5, 0.6) is 5.75 Å². The van der Waals surface area contributed by atoms with Crippen molar-refractivity contribution in [3.05, 3.63) is 53.9 Å². The monoisotopic (exact) mass is 328 g/mol. The fourth-order valence-corrected chi connectivity index (χ4v) is 2.90. The third kappa shape index (κ3) is 3.20. The van der Waals surface area contributed by atoms with E-state index in [0.29, 0.717) is 0 Å². The number of hydrogen-bond donors (Lipinski definition) is 0. The van der Waals surface area contributed by atoms with E-state index in [1.165, 1.54) is 5.56 Å². The first-order valence-electron chi connectivity index (χ1n) is 7.96. The molecule has 4 heteroatoms. The molecule has 3 rings (SSSR count). The summed E-state index contributed by atoms with van der Waals surface area (Å²) in [6.45, 7) is 6.88. The average molecular weight is 329 g/mol. The lowest BCUT2D eigenvalue weighted by molar-refractivity contribution is 0.317.